The summed E-state index contributed by atoms with van der Waals surface area (Å²) in [6.07, 6.45) is 0.974. The van der Waals surface area contributed by atoms with E-state index < -0.39 is 4.92 Å². The van der Waals surface area contributed by atoms with E-state index in [1.165, 1.54) is 11.6 Å². The predicted octanol–water partition coefficient (Wildman–Crippen LogP) is 3.70. The Morgan fingerprint density at radius 2 is 1.87 bits per heavy atom. The number of guanidine groups is 1. The Morgan fingerprint density at radius 3 is 2.48 bits per heavy atom. The van der Waals surface area contributed by atoms with Crippen molar-refractivity contribution < 1.29 is 4.92 Å². The summed E-state index contributed by atoms with van der Waals surface area (Å²) in [7, 11) is 0. The van der Waals surface area contributed by atoms with E-state index in [0.29, 0.717) is 5.56 Å². The number of nitro benzene ring substituents is 1. The van der Waals surface area contributed by atoms with Crippen LogP contribution in [0.15, 0.2) is 53.5 Å². The number of nitrogens with one attached hydrogen (secondary N) is 1. The third-order valence-electron chi connectivity index (χ3n) is 3.24. The van der Waals surface area contributed by atoms with E-state index in [0.717, 1.165) is 12.1 Å². The van der Waals surface area contributed by atoms with Crippen molar-refractivity contribution in [1.82, 2.24) is 0 Å². The summed E-state index contributed by atoms with van der Waals surface area (Å²) in [5.41, 5.74) is 8.46. The van der Waals surface area contributed by atoms with Crippen molar-refractivity contribution in [1.29, 1.82) is 0 Å². The van der Waals surface area contributed by atoms with Crippen LogP contribution in [0.25, 0.3) is 0 Å². The molecule has 0 unspecified atom stereocenters. The van der Waals surface area contributed by atoms with Crippen molar-refractivity contribution in [2.45, 2.75) is 19.9 Å². The zero-order valence-electron chi connectivity index (χ0n) is 12.7. The molecule has 2 aromatic rings. The average molecular weight is 426 g/mol. The van der Waals surface area contributed by atoms with Crippen LogP contribution in [0, 0.1) is 10.1 Å². The van der Waals surface area contributed by atoms with Gasteiger partial charge in [0, 0.05) is 11.8 Å². The SMILES string of the molecule is CCc1ccc(NC(N)=NCc2ccccc2[N+](=O)[O-])cc1.I. The molecule has 0 aliphatic carbocycles. The van der Waals surface area contributed by atoms with Gasteiger partial charge in [0.05, 0.1) is 17.0 Å². The molecular formula is C16H19IN4O2. The van der Waals surface area contributed by atoms with Crippen LogP contribution in [0.1, 0.15) is 18.1 Å². The fourth-order valence-electron chi connectivity index (χ4n) is 2.00. The Bertz CT molecular complexity index is 687. The largest absolute Gasteiger partial charge is 0.370 e. The topological polar surface area (TPSA) is 93.5 Å². The maximum absolute atomic E-state index is 10.9. The van der Waals surface area contributed by atoms with Crippen LogP contribution in [0.4, 0.5) is 11.4 Å². The minimum absolute atomic E-state index is 0. The van der Waals surface area contributed by atoms with Crippen LogP contribution < -0.4 is 11.1 Å². The Balaban J connectivity index is 0.00000264. The number of aliphatic imine (C=N–C) groups is 1. The molecule has 23 heavy (non-hydrogen) atoms. The molecule has 0 bridgehead atoms. The van der Waals surface area contributed by atoms with Crippen molar-refractivity contribution in [3.8, 4) is 0 Å². The van der Waals surface area contributed by atoms with Gasteiger partial charge >= 0.3 is 0 Å². The quantitative estimate of drug-likeness (QED) is 0.251. The number of nitrogens with zero attached hydrogens (tertiary/aromatic N) is 2. The number of para-hydroxylation sites is 1. The highest BCUT2D eigenvalue weighted by Crippen LogP contribution is 2.18. The van der Waals surface area contributed by atoms with Gasteiger partial charge in [0.2, 0.25) is 0 Å². The lowest BCUT2D eigenvalue weighted by Crippen LogP contribution is -2.22. The third kappa shape index (κ3) is 5.51. The second-order valence-corrected chi connectivity index (χ2v) is 4.76. The molecule has 122 valence electrons. The van der Waals surface area contributed by atoms with E-state index >= 15 is 0 Å². The summed E-state index contributed by atoms with van der Waals surface area (Å²) >= 11 is 0. The number of hydrogen-bond donors (Lipinski definition) is 2. The maximum Gasteiger partial charge on any atom is 0.274 e. The van der Waals surface area contributed by atoms with Gasteiger partial charge in [0.1, 0.15) is 0 Å². The third-order valence-corrected chi connectivity index (χ3v) is 3.24. The molecule has 0 spiro atoms. The molecule has 0 aliphatic heterocycles. The van der Waals surface area contributed by atoms with Gasteiger partial charge < -0.3 is 11.1 Å². The summed E-state index contributed by atoms with van der Waals surface area (Å²) in [5, 5.41) is 13.9. The van der Waals surface area contributed by atoms with Crippen LogP contribution in [-0.2, 0) is 13.0 Å². The van der Waals surface area contributed by atoms with Crippen molar-refractivity contribution in [2.75, 3.05) is 5.32 Å². The Kier molecular flexibility index (Phi) is 7.46. The number of nitrogens with two attached hydrogens (primary N) is 1. The lowest BCUT2D eigenvalue weighted by atomic mass is 10.1. The molecule has 7 heteroatoms. The molecule has 2 aromatic carbocycles. The number of benzene rings is 2. The molecule has 6 nitrogen and oxygen atoms in total. The molecule has 0 saturated carbocycles. The summed E-state index contributed by atoms with van der Waals surface area (Å²) in [6, 6.07) is 14.4. The van der Waals surface area contributed by atoms with Crippen molar-refractivity contribution in [2.24, 2.45) is 10.7 Å². The first kappa shape index (κ1) is 18.9. The highest BCUT2D eigenvalue weighted by molar-refractivity contribution is 14.0. The van der Waals surface area contributed by atoms with Gasteiger partial charge in [0.25, 0.3) is 5.69 Å². The van der Waals surface area contributed by atoms with Gasteiger partial charge in [-0.25, -0.2) is 4.99 Å². The number of aryl methyl sites for hydroxylation is 1. The lowest BCUT2D eigenvalue weighted by Gasteiger charge is -2.06. The van der Waals surface area contributed by atoms with Gasteiger partial charge in [0.15, 0.2) is 5.96 Å². The number of halogens is 1. The number of rotatable bonds is 5. The Labute approximate surface area is 152 Å². The number of hydrogen-bond acceptors (Lipinski definition) is 3. The minimum Gasteiger partial charge on any atom is -0.370 e. The van der Waals surface area contributed by atoms with E-state index in [4.69, 9.17) is 5.73 Å². The van der Waals surface area contributed by atoms with Gasteiger partial charge in [-0.05, 0) is 24.1 Å². The zero-order chi connectivity index (χ0) is 15.9. The zero-order valence-corrected chi connectivity index (χ0v) is 15.1. The van der Waals surface area contributed by atoms with Crippen molar-refractivity contribution >= 4 is 41.3 Å². The first-order valence-corrected chi connectivity index (χ1v) is 6.98. The first-order valence-electron chi connectivity index (χ1n) is 6.98. The molecule has 0 radical (unpaired) electrons. The standard InChI is InChI=1S/C16H18N4O2.HI/c1-2-12-7-9-14(10-8-12)19-16(17)18-11-13-5-3-4-6-15(13)20(21)22;/h3-10H,2,11H2,1H3,(H3,17,18,19);1H. The molecule has 0 amide bonds. The van der Waals surface area contributed by atoms with E-state index in [9.17, 15) is 10.1 Å². The summed E-state index contributed by atoms with van der Waals surface area (Å²) < 4.78 is 0. The van der Waals surface area contributed by atoms with Gasteiger partial charge in [-0.3, -0.25) is 10.1 Å². The Morgan fingerprint density at radius 1 is 1.22 bits per heavy atom. The van der Waals surface area contributed by atoms with E-state index in [2.05, 4.69) is 17.2 Å². The Hall–Kier alpha value is -2.16. The van der Waals surface area contributed by atoms with Crippen LogP contribution in [-0.4, -0.2) is 10.9 Å². The highest BCUT2D eigenvalue weighted by Gasteiger charge is 2.11. The first-order chi connectivity index (χ1) is 10.6. The van der Waals surface area contributed by atoms with Crippen LogP contribution >= 0.6 is 24.0 Å². The van der Waals surface area contributed by atoms with Crippen molar-refractivity contribution in [3.05, 3.63) is 69.8 Å². The molecule has 2 rings (SSSR count). The van der Waals surface area contributed by atoms with Gasteiger partial charge in [-0.15, -0.1) is 24.0 Å². The predicted molar refractivity (Wildman–Crippen MR) is 103 cm³/mol. The maximum atomic E-state index is 10.9. The molecule has 3 N–H and O–H groups in total. The second kappa shape index (κ2) is 9.09. The van der Waals surface area contributed by atoms with Gasteiger partial charge in [-0.1, -0.05) is 37.3 Å². The molecule has 0 aromatic heterocycles. The van der Waals surface area contributed by atoms with E-state index in [1.54, 1.807) is 18.2 Å². The monoisotopic (exact) mass is 426 g/mol. The number of nitro groups is 1. The van der Waals surface area contributed by atoms with Crippen molar-refractivity contribution in [3.63, 3.8) is 0 Å². The number of anilines is 1. The van der Waals surface area contributed by atoms with Crippen LogP contribution in [0.5, 0.6) is 0 Å². The molecule has 0 aliphatic rings. The summed E-state index contributed by atoms with van der Waals surface area (Å²) in [4.78, 5) is 14.7. The normalized spacial score (nSPS) is 10.7. The van der Waals surface area contributed by atoms with Gasteiger partial charge in [-0.2, -0.15) is 0 Å². The van der Waals surface area contributed by atoms with E-state index in [-0.39, 0.29) is 42.2 Å². The molecule has 0 heterocycles. The fraction of sp³-hybridized carbons (Fsp3) is 0.188. The van der Waals surface area contributed by atoms with Crippen LogP contribution in [0.2, 0.25) is 0 Å². The van der Waals surface area contributed by atoms with E-state index in [1.807, 2.05) is 24.3 Å². The minimum atomic E-state index is -0.419. The summed E-state index contributed by atoms with van der Waals surface area (Å²) in [6.45, 7) is 2.24. The fourth-order valence-corrected chi connectivity index (χ4v) is 2.00. The molecule has 0 atom stereocenters. The second-order valence-electron chi connectivity index (χ2n) is 4.76. The average Bonchev–Trinajstić information content (AvgIpc) is 2.54. The molecule has 0 saturated heterocycles. The smallest absolute Gasteiger partial charge is 0.274 e. The summed E-state index contributed by atoms with van der Waals surface area (Å²) in [5.74, 6) is 0.224. The molecular weight excluding hydrogens is 407 g/mol. The highest BCUT2D eigenvalue weighted by atomic mass is 127. The van der Waals surface area contributed by atoms with Crippen LogP contribution in [0.3, 0.4) is 0 Å². The lowest BCUT2D eigenvalue weighted by molar-refractivity contribution is -0.385. The molecule has 0 fully saturated rings.